The maximum atomic E-state index is 12.5. The number of sulfonamides is 1. The molecule has 0 bridgehead atoms. The number of unbranched alkanes of at least 4 members (excludes halogenated alkanes) is 1. The van der Waals surface area contributed by atoms with E-state index in [2.05, 4.69) is 0 Å². The Balaban J connectivity index is 2.78. The van der Waals surface area contributed by atoms with E-state index in [4.69, 9.17) is 16.3 Å². The lowest BCUT2D eigenvalue weighted by atomic mass is 10.3. The summed E-state index contributed by atoms with van der Waals surface area (Å²) in [7, 11) is -3.41. The molecule has 1 rings (SSSR count). The summed E-state index contributed by atoms with van der Waals surface area (Å²) in [6.07, 6.45) is 2.61. The lowest BCUT2D eigenvalue weighted by molar-refractivity contribution is 0.318. The fourth-order valence-electron chi connectivity index (χ4n) is 1.88. The van der Waals surface area contributed by atoms with Gasteiger partial charge in [0.1, 0.15) is 5.75 Å². The quantitative estimate of drug-likeness (QED) is 0.486. The van der Waals surface area contributed by atoms with E-state index < -0.39 is 10.0 Å². The molecular formula is C15H24ClNO3S. The van der Waals surface area contributed by atoms with Gasteiger partial charge in [-0.1, -0.05) is 20.3 Å². The first-order valence-electron chi connectivity index (χ1n) is 7.35. The van der Waals surface area contributed by atoms with Crippen molar-refractivity contribution in [1.29, 1.82) is 0 Å². The van der Waals surface area contributed by atoms with Gasteiger partial charge < -0.3 is 4.74 Å². The third kappa shape index (κ3) is 5.49. The molecule has 4 nitrogen and oxygen atoms in total. The summed E-state index contributed by atoms with van der Waals surface area (Å²) in [4.78, 5) is 0.310. The number of rotatable bonds is 10. The highest BCUT2D eigenvalue weighted by Crippen LogP contribution is 2.20. The van der Waals surface area contributed by atoms with Crippen molar-refractivity contribution in [2.24, 2.45) is 0 Å². The Morgan fingerprint density at radius 2 is 1.81 bits per heavy atom. The van der Waals surface area contributed by atoms with E-state index in [0.29, 0.717) is 36.2 Å². The lowest BCUT2D eigenvalue weighted by Crippen LogP contribution is -2.31. The molecule has 21 heavy (non-hydrogen) atoms. The Morgan fingerprint density at radius 1 is 1.14 bits per heavy atom. The lowest BCUT2D eigenvalue weighted by Gasteiger charge is -2.20. The second kappa shape index (κ2) is 9.28. The maximum absolute atomic E-state index is 12.5. The molecular weight excluding hydrogens is 310 g/mol. The minimum absolute atomic E-state index is 0.310. The zero-order chi connectivity index (χ0) is 15.7. The molecule has 0 aliphatic rings. The Morgan fingerprint density at radius 3 is 2.33 bits per heavy atom. The molecule has 0 spiro atoms. The van der Waals surface area contributed by atoms with Crippen LogP contribution in [0.4, 0.5) is 0 Å². The highest BCUT2D eigenvalue weighted by atomic mass is 35.5. The number of hydrogen-bond donors (Lipinski definition) is 0. The fourth-order valence-corrected chi connectivity index (χ4v) is 3.48. The Hall–Kier alpha value is -0.780. The second-order valence-corrected chi connectivity index (χ2v) is 7.03. The molecule has 0 unspecified atom stereocenters. The van der Waals surface area contributed by atoms with E-state index in [0.717, 1.165) is 19.3 Å². The van der Waals surface area contributed by atoms with Crippen molar-refractivity contribution in [3.63, 3.8) is 0 Å². The van der Waals surface area contributed by atoms with Gasteiger partial charge in [0.15, 0.2) is 0 Å². The number of halogens is 1. The average molecular weight is 334 g/mol. The van der Waals surface area contributed by atoms with Gasteiger partial charge in [-0.15, -0.1) is 11.6 Å². The van der Waals surface area contributed by atoms with E-state index in [1.54, 1.807) is 24.3 Å². The van der Waals surface area contributed by atoms with Gasteiger partial charge in [0.25, 0.3) is 0 Å². The second-order valence-electron chi connectivity index (χ2n) is 4.71. The normalized spacial score (nSPS) is 11.8. The molecule has 0 heterocycles. The van der Waals surface area contributed by atoms with E-state index in [1.807, 2.05) is 13.8 Å². The van der Waals surface area contributed by atoms with Crippen LogP contribution in [0.5, 0.6) is 5.75 Å². The molecule has 0 amide bonds. The van der Waals surface area contributed by atoms with Crippen molar-refractivity contribution in [3.05, 3.63) is 24.3 Å². The number of nitrogens with zero attached hydrogens (tertiary/aromatic N) is 1. The van der Waals surface area contributed by atoms with Gasteiger partial charge in [-0.25, -0.2) is 8.42 Å². The van der Waals surface area contributed by atoms with Gasteiger partial charge in [0, 0.05) is 19.0 Å². The molecule has 0 radical (unpaired) electrons. The topological polar surface area (TPSA) is 46.6 Å². The van der Waals surface area contributed by atoms with Crippen LogP contribution in [0.15, 0.2) is 29.2 Å². The van der Waals surface area contributed by atoms with Gasteiger partial charge in [0.2, 0.25) is 10.0 Å². The summed E-state index contributed by atoms with van der Waals surface area (Å²) in [5.74, 6) is 1.21. The molecule has 0 aromatic heterocycles. The summed E-state index contributed by atoms with van der Waals surface area (Å²) >= 11 is 5.58. The maximum Gasteiger partial charge on any atom is 0.243 e. The molecule has 0 saturated heterocycles. The first-order valence-corrected chi connectivity index (χ1v) is 9.32. The minimum atomic E-state index is -3.41. The van der Waals surface area contributed by atoms with Crippen LogP contribution in [-0.4, -0.2) is 38.3 Å². The monoisotopic (exact) mass is 333 g/mol. The zero-order valence-electron chi connectivity index (χ0n) is 12.7. The van der Waals surface area contributed by atoms with E-state index >= 15 is 0 Å². The Labute approximate surface area is 133 Å². The van der Waals surface area contributed by atoms with Gasteiger partial charge in [-0.05, 0) is 37.1 Å². The average Bonchev–Trinajstić information content (AvgIpc) is 2.48. The smallest absolute Gasteiger partial charge is 0.243 e. The molecule has 0 aliphatic carbocycles. The molecule has 0 atom stereocenters. The van der Waals surface area contributed by atoms with Gasteiger partial charge in [-0.3, -0.25) is 0 Å². The van der Waals surface area contributed by atoms with Crippen LogP contribution in [0.1, 0.15) is 33.1 Å². The molecule has 0 fully saturated rings. The standard InChI is InChI=1S/C15H24ClNO3S/c1-3-5-12-17(4-2)21(18,19)15-9-7-14(8-10-15)20-13-6-11-16/h7-10H,3-6,11-13H2,1-2H3. The third-order valence-electron chi connectivity index (χ3n) is 3.12. The van der Waals surface area contributed by atoms with Crippen LogP contribution >= 0.6 is 11.6 Å². The van der Waals surface area contributed by atoms with Crippen molar-refractivity contribution in [3.8, 4) is 5.75 Å². The van der Waals surface area contributed by atoms with Crippen LogP contribution in [-0.2, 0) is 10.0 Å². The van der Waals surface area contributed by atoms with Crippen LogP contribution in [0.2, 0.25) is 0 Å². The zero-order valence-corrected chi connectivity index (χ0v) is 14.3. The van der Waals surface area contributed by atoms with Crippen LogP contribution in [0, 0.1) is 0 Å². The van der Waals surface area contributed by atoms with E-state index in [1.165, 1.54) is 4.31 Å². The Bertz CT molecular complexity index is 502. The highest BCUT2D eigenvalue weighted by molar-refractivity contribution is 7.89. The van der Waals surface area contributed by atoms with E-state index in [-0.39, 0.29) is 0 Å². The third-order valence-corrected chi connectivity index (χ3v) is 5.38. The highest BCUT2D eigenvalue weighted by Gasteiger charge is 2.22. The van der Waals surface area contributed by atoms with Crippen molar-refractivity contribution in [2.45, 2.75) is 38.0 Å². The molecule has 0 saturated carbocycles. The van der Waals surface area contributed by atoms with Crippen LogP contribution in [0.25, 0.3) is 0 Å². The molecule has 1 aromatic carbocycles. The molecule has 6 heteroatoms. The number of ether oxygens (including phenoxy) is 1. The van der Waals surface area contributed by atoms with Crippen molar-refractivity contribution < 1.29 is 13.2 Å². The molecule has 1 aromatic rings. The first-order chi connectivity index (χ1) is 10.1. The van der Waals surface area contributed by atoms with Crippen LogP contribution < -0.4 is 4.74 Å². The van der Waals surface area contributed by atoms with Crippen molar-refractivity contribution in [1.82, 2.24) is 4.31 Å². The minimum Gasteiger partial charge on any atom is -0.494 e. The van der Waals surface area contributed by atoms with E-state index in [9.17, 15) is 8.42 Å². The summed E-state index contributed by atoms with van der Waals surface area (Å²) in [5, 5.41) is 0. The summed E-state index contributed by atoms with van der Waals surface area (Å²) < 4.78 is 32.0. The van der Waals surface area contributed by atoms with Gasteiger partial charge in [-0.2, -0.15) is 4.31 Å². The predicted molar refractivity (Wildman–Crippen MR) is 86.6 cm³/mol. The largest absolute Gasteiger partial charge is 0.494 e. The SMILES string of the molecule is CCCCN(CC)S(=O)(=O)c1ccc(OCCCCl)cc1. The summed E-state index contributed by atoms with van der Waals surface area (Å²) in [6, 6.07) is 6.57. The number of benzene rings is 1. The van der Waals surface area contributed by atoms with Crippen molar-refractivity contribution >= 4 is 21.6 Å². The molecule has 0 N–H and O–H groups in total. The van der Waals surface area contributed by atoms with Crippen LogP contribution in [0.3, 0.4) is 0 Å². The van der Waals surface area contributed by atoms with Gasteiger partial charge in [0.05, 0.1) is 11.5 Å². The molecule has 0 aliphatic heterocycles. The fraction of sp³-hybridized carbons (Fsp3) is 0.600. The van der Waals surface area contributed by atoms with Crippen molar-refractivity contribution in [2.75, 3.05) is 25.6 Å². The summed E-state index contributed by atoms with van der Waals surface area (Å²) in [5.41, 5.74) is 0. The van der Waals surface area contributed by atoms with Gasteiger partial charge >= 0.3 is 0 Å². The molecule has 120 valence electrons. The number of alkyl halides is 1. The predicted octanol–water partition coefficient (Wildman–Crippen LogP) is 3.51. The number of hydrogen-bond acceptors (Lipinski definition) is 3. The first kappa shape index (κ1) is 18.3. The summed E-state index contributed by atoms with van der Waals surface area (Å²) in [6.45, 7) is 5.48. The Kier molecular flexibility index (Phi) is 8.07.